The van der Waals surface area contributed by atoms with Gasteiger partial charge in [0.2, 0.25) is 0 Å². The molecule has 1 N–H and O–H groups in total. The summed E-state index contributed by atoms with van der Waals surface area (Å²) in [7, 11) is 0. The normalized spacial score (nSPS) is 10.3. The zero-order chi connectivity index (χ0) is 21.0. The second kappa shape index (κ2) is 8.57. The van der Waals surface area contributed by atoms with E-state index < -0.39 is 23.4 Å². The molecule has 29 heavy (non-hydrogen) atoms. The third-order valence-corrected chi connectivity index (χ3v) is 4.21. The number of aryl methyl sites for hydroxylation is 1. The van der Waals surface area contributed by atoms with Crippen LogP contribution in [0.1, 0.15) is 23.6 Å². The maximum Gasteiger partial charge on any atom is 0.259 e. The van der Waals surface area contributed by atoms with E-state index in [4.69, 9.17) is 14.7 Å². The predicted molar refractivity (Wildman–Crippen MR) is 106 cm³/mol. The van der Waals surface area contributed by atoms with E-state index in [1.165, 1.54) is 13.0 Å². The van der Waals surface area contributed by atoms with E-state index >= 15 is 0 Å². The molecule has 0 saturated carbocycles. The molecule has 0 bridgehead atoms. The molecule has 0 atom stereocenters. The summed E-state index contributed by atoms with van der Waals surface area (Å²) in [4.78, 5) is 3.88. The summed E-state index contributed by atoms with van der Waals surface area (Å²) in [5, 5.41) is 12.2. The molecule has 0 unspecified atom stereocenters. The van der Waals surface area contributed by atoms with Crippen LogP contribution in [0.25, 0.3) is 0 Å². The molecule has 0 aliphatic rings. The van der Waals surface area contributed by atoms with Crippen molar-refractivity contribution < 1.29 is 18.3 Å². The van der Waals surface area contributed by atoms with Crippen LogP contribution in [0.15, 0.2) is 42.5 Å². The number of nitriles is 1. The van der Waals surface area contributed by atoms with Gasteiger partial charge in [0.15, 0.2) is 11.6 Å². The Bertz CT molecular complexity index is 1090. The summed E-state index contributed by atoms with van der Waals surface area (Å²) < 4.78 is 40.1. The first-order chi connectivity index (χ1) is 13.9. The number of ether oxygens (including phenoxy) is 2. The van der Waals surface area contributed by atoms with Gasteiger partial charge < -0.3 is 14.8 Å². The van der Waals surface area contributed by atoms with Crippen molar-refractivity contribution in [3.63, 3.8) is 0 Å². The molecule has 0 aliphatic heterocycles. The lowest BCUT2D eigenvalue weighted by molar-refractivity contribution is 0.373. The molecule has 0 amide bonds. The van der Waals surface area contributed by atoms with Crippen molar-refractivity contribution in [1.82, 2.24) is 4.98 Å². The van der Waals surface area contributed by atoms with Crippen LogP contribution in [-0.2, 0) is 0 Å². The Morgan fingerprint density at radius 3 is 2.28 bits per heavy atom. The summed E-state index contributed by atoms with van der Waals surface area (Å²) >= 11 is 0. The number of hydrogen-bond donors (Lipinski definition) is 1. The zero-order valence-electron chi connectivity index (χ0n) is 16.2. The fraction of sp³-hybridized carbons (Fsp3) is 0.182. The van der Waals surface area contributed by atoms with E-state index in [2.05, 4.69) is 10.3 Å². The number of rotatable bonds is 6. The maximum absolute atomic E-state index is 14.6. The average Bonchev–Trinajstić information content (AvgIpc) is 2.72. The number of halogens is 2. The van der Waals surface area contributed by atoms with Gasteiger partial charge in [-0.1, -0.05) is 12.1 Å². The third kappa shape index (κ3) is 4.43. The lowest BCUT2D eigenvalue weighted by Crippen LogP contribution is -2.03. The van der Waals surface area contributed by atoms with Gasteiger partial charge in [-0.25, -0.2) is 8.78 Å². The van der Waals surface area contributed by atoms with Gasteiger partial charge in [-0.3, -0.25) is 0 Å². The van der Waals surface area contributed by atoms with E-state index in [1.807, 2.05) is 26.0 Å². The first-order valence-corrected chi connectivity index (χ1v) is 8.99. The second-order valence-corrected chi connectivity index (χ2v) is 6.33. The van der Waals surface area contributed by atoms with Gasteiger partial charge in [-0.15, -0.1) is 0 Å². The van der Waals surface area contributed by atoms with Gasteiger partial charge in [-0.2, -0.15) is 10.2 Å². The Labute approximate surface area is 167 Å². The highest BCUT2D eigenvalue weighted by Gasteiger charge is 2.21. The van der Waals surface area contributed by atoms with Crippen LogP contribution in [0.3, 0.4) is 0 Å². The number of hydrogen-bond acceptors (Lipinski definition) is 5. The van der Waals surface area contributed by atoms with E-state index in [-0.39, 0.29) is 11.3 Å². The van der Waals surface area contributed by atoms with Crippen molar-refractivity contribution in [1.29, 1.82) is 5.26 Å². The van der Waals surface area contributed by atoms with Crippen LogP contribution in [-0.4, -0.2) is 11.5 Å². The van der Waals surface area contributed by atoms with Crippen molar-refractivity contribution in [3.05, 3.63) is 70.8 Å². The van der Waals surface area contributed by atoms with Crippen LogP contribution in [0.5, 0.6) is 23.3 Å². The van der Waals surface area contributed by atoms with Crippen molar-refractivity contribution >= 4 is 5.69 Å². The monoisotopic (exact) mass is 395 g/mol. The minimum atomic E-state index is -0.936. The standard InChI is InChI=1S/C22H19F2N3O2/c1-4-26-18-11-17(9-8-13(18)2)29-22-20(24)14(3)19(23)21(27-22)28-16-7-5-6-15(10-16)12-25/h5-11,26H,4H2,1-3H3. The molecule has 2 aromatic carbocycles. The lowest BCUT2D eigenvalue weighted by Gasteiger charge is -2.14. The van der Waals surface area contributed by atoms with Crippen LogP contribution >= 0.6 is 0 Å². The Balaban J connectivity index is 1.96. The van der Waals surface area contributed by atoms with Crippen LogP contribution in [0, 0.1) is 36.8 Å². The number of benzene rings is 2. The summed E-state index contributed by atoms with van der Waals surface area (Å²) in [5.41, 5.74) is 1.91. The van der Waals surface area contributed by atoms with Gasteiger partial charge in [0, 0.05) is 23.9 Å². The van der Waals surface area contributed by atoms with Crippen LogP contribution < -0.4 is 14.8 Å². The minimum absolute atomic E-state index is 0.206. The molecule has 1 heterocycles. The van der Waals surface area contributed by atoms with Gasteiger partial charge in [0.25, 0.3) is 11.8 Å². The minimum Gasteiger partial charge on any atom is -0.436 e. The number of aromatic nitrogens is 1. The molecule has 7 heteroatoms. The number of nitrogens with one attached hydrogen (secondary N) is 1. The summed E-state index contributed by atoms with van der Waals surface area (Å²) in [6, 6.07) is 13.3. The first kappa shape index (κ1) is 20.1. The van der Waals surface area contributed by atoms with E-state index in [0.29, 0.717) is 17.9 Å². The van der Waals surface area contributed by atoms with Crippen LogP contribution in [0.4, 0.5) is 14.5 Å². The molecule has 148 valence electrons. The molecule has 0 radical (unpaired) electrons. The number of pyridine rings is 1. The van der Waals surface area contributed by atoms with E-state index in [0.717, 1.165) is 11.3 Å². The molecule has 0 aliphatic carbocycles. The molecular weight excluding hydrogens is 376 g/mol. The fourth-order valence-corrected chi connectivity index (χ4v) is 2.64. The highest BCUT2D eigenvalue weighted by atomic mass is 19.1. The van der Waals surface area contributed by atoms with E-state index in [1.54, 1.807) is 30.3 Å². The SMILES string of the molecule is CCNc1cc(Oc2nc(Oc3cccc(C#N)c3)c(F)c(C)c2F)ccc1C. The fourth-order valence-electron chi connectivity index (χ4n) is 2.64. The lowest BCUT2D eigenvalue weighted by atomic mass is 10.2. The maximum atomic E-state index is 14.6. The van der Waals surface area contributed by atoms with Gasteiger partial charge in [0.05, 0.1) is 11.6 Å². The Hall–Kier alpha value is -3.66. The summed E-state index contributed by atoms with van der Waals surface area (Å²) in [6.07, 6.45) is 0. The number of nitrogens with zero attached hydrogens (tertiary/aromatic N) is 2. The quantitative estimate of drug-likeness (QED) is 0.566. The molecule has 3 rings (SSSR count). The predicted octanol–water partition coefficient (Wildman–Crippen LogP) is 5.86. The van der Waals surface area contributed by atoms with Crippen molar-refractivity contribution in [2.24, 2.45) is 0 Å². The molecule has 5 nitrogen and oxygen atoms in total. The van der Waals surface area contributed by atoms with Crippen molar-refractivity contribution in [2.75, 3.05) is 11.9 Å². The van der Waals surface area contributed by atoms with Crippen molar-refractivity contribution in [2.45, 2.75) is 20.8 Å². The van der Waals surface area contributed by atoms with Gasteiger partial charge >= 0.3 is 0 Å². The third-order valence-electron chi connectivity index (χ3n) is 4.21. The Morgan fingerprint density at radius 1 is 1.00 bits per heavy atom. The molecule has 1 aromatic heterocycles. The highest BCUT2D eigenvalue weighted by molar-refractivity contribution is 5.55. The van der Waals surface area contributed by atoms with Gasteiger partial charge in [-0.05, 0) is 50.6 Å². The molecule has 3 aromatic rings. The average molecular weight is 395 g/mol. The second-order valence-electron chi connectivity index (χ2n) is 6.33. The largest absolute Gasteiger partial charge is 0.436 e. The van der Waals surface area contributed by atoms with Gasteiger partial charge in [0.1, 0.15) is 11.5 Å². The zero-order valence-corrected chi connectivity index (χ0v) is 16.2. The highest BCUT2D eigenvalue weighted by Crippen LogP contribution is 2.33. The molecular formula is C22H19F2N3O2. The topological polar surface area (TPSA) is 67.2 Å². The molecule has 0 saturated heterocycles. The summed E-state index contributed by atoms with van der Waals surface area (Å²) in [5.74, 6) is -2.13. The Morgan fingerprint density at radius 2 is 1.66 bits per heavy atom. The smallest absolute Gasteiger partial charge is 0.259 e. The van der Waals surface area contributed by atoms with Crippen molar-refractivity contribution in [3.8, 4) is 29.3 Å². The van der Waals surface area contributed by atoms with E-state index in [9.17, 15) is 8.78 Å². The molecule has 0 spiro atoms. The first-order valence-electron chi connectivity index (χ1n) is 8.99. The number of anilines is 1. The molecule has 0 fully saturated rings. The Kier molecular flexibility index (Phi) is 5.93. The summed E-state index contributed by atoms with van der Waals surface area (Å²) in [6.45, 7) is 5.88. The van der Waals surface area contributed by atoms with Crippen LogP contribution in [0.2, 0.25) is 0 Å².